The van der Waals surface area contributed by atoms with Crippen LogP contribution in [0.4, 0.5) is 4.39 Å². The van der Waals surface area contributed by atoms with E-state index in [1.165, 1.54) is 6.07 Å². The summed E-state index contributed by atoms with van der Waals surface area (Å²) in [6.45, 7) is 4.32. The van der Waals surface area contributed by atoms with Crippen LogP contribution < -0.4 is 0 Å². The monoisotopic (exact) mass is 388 g/mol. The van der Waals surface area contributed by atoms with E-state index in [0.29, 0.717) is 28.9 Å². The van der Waals surface area contributed by atoms with E-state index in [1.54, 1.807) is 25.1 Å². The minimum absolute atomic E-state index is 0.231. The molecule has 5 heteroatoms. The number of ether oxygens (including phenoxy) is 1. The lowest BCUT2D eigenvalue weighted by Crippen LogP contribution is -2.14. The average Bonchev–Trinajstić information content (AvgIpc) is 3.02. The highest BCUT2D eigenvalue weighted by molar-refractivity contribution is 6.07. The zero-order valence-corrected chi connectivity index (χ0v) is 16.4. The van der Waals surface area contributed by atoms with Crippen LogP contribution >= 0.6 is 0 Å². The average molecular weight is 388 g/mol. The number of esters is 1. The number of hydrogen-bond donors (Lipinski definition) is 0. The first kappa shape index (κ1) is 18.9. The molecule has 0 bridgehead atoms. The van der Waals surface area contributed by atoms with Crippen LogP contribution in [0.1, 0.15) is 28.7 Å². The van der Waals surface area contributed by atoms with Gasteiger partial charge in [0, 0.05) is 23.4 Å². The largest absolute Gasteiger partial charge is 0.461 e. The molecule has 0 unspecified atom stereocenters. The molecule has 0 radical (unpaired) electrons. The lowest BCUT2D eigenvalue weighted by atomic mass is 10.0. The first-order chi connectivity index (χ1) is 14.1. The van der Waals surface area contributed by atoms with Crippen LogP contribution in [0.3, 0.4) is 0 Å². The molecule has 2 aromatic heterocycles. The fraction of sp³-hybridized carbons (Fsp3) is 0.167. The van der Waals surface area contributed by atoms with Gasteiger partial charge >= 0.3 is 5.97 Å². The number of fused-ring (bicyclic) bond motifs is 1. The molecule has 4 nitrogen and oxygen atoms in total. The second-order valence-corrected chi connectivity index (χ2v) is 6.82. The number of hydrogen-bond acceptors (Lipinski definition) is 3. The summed E-state index contributed by atoms with van der Waals surface area (Å²) in [6.07, 6.45) is 0. The highest BCUT2D eigenvalue weighted by Crippen LogP contribution is 2.36. The van der Waals surface area contributed by atoms with Crippen molar-refractivity contribution in [2.24, 2.45) is 0 Å². The second kappa shape index (κ2) is 7.87. The van der Waals surface area contributed by atoms with Crippen LogP contribution in [0.2, 0.25) is 0 Å². The van der Waals surface area contributed by atoms with E-state index < -0.39 is 11.8 Å². The van der Waals surface area contributed by atoms with E-state index in [0.717, 1.165) is 16.8 Å². The van der Waals surface area contributed by atoms with E-state index in [2.05, 4.69) is 4.98 Å². The van der Waals surface area contributed by atoms with E-state index in [-0.39, 0.29) is 6.61 Å². The normalized spacial score (nSPS) is 11.0. The van der Waals surface area contributed by atoms with Gasteiger partial charge in [-0.2, -0.15) is 0 Å². The Hall–Kier alpha value is -3.47. The lowest BCUT2D eigenvalue weighted by molar-refractivity contribution is 0.0516. The van der Waals surface area contributed by atoms with Gasteiger partial charge in [0.2, 0.25) is 0 Å². The molecule has 2 heterocycles. The molecule has 146 valence electrons. The van der Waals surface area contributed by atoms with Crippen LogP contribution in [0.5, 0.6) is 0 Å². The molecule has 0 aliphatic rings. The maximum Gasteiger partial charge on any atom is 0.355 e. The van der Waals surface area contributed by atoms with Crippen molar-refractivity contribution in [3.05, 3.63) is 89.5 Å². The van der Waals surface area contributed by atoms with E-state index >= 15 is 0 Å². The van der Waals surface area contributed by atoms with Gasteiger partial charge in [-0.05, 0) is 37.6 Å². The molecule has 0 N–H and O–H groups in total. The molecule has 0 spiro atoms. The Morgan fingerprint density at radius 2 is 1.76 bits per heavy atom. The Balaban J connectivity index is 2.06. The summed E-state index contributed by atoms with van der Waals surface area (Å²) < 4.78 is 22.0. The van der Waals surface area contributed by atoms with Crippen LogP contribution in [0, 0.1) is 12.7 Å². The third-order valence-electron chi connectivity index (χ3n) is 4.84. The molecule has 0 amide bonds. The van der Waals surface area contributed by atoms with Crippen molar-refractivity contribution >= 4 is 17.0 Å². The first-order valence-corrected chi connectivity index (χ1v) is 9.56. The standard InChI is InChI=1S/C24H21FN2O2/c1-3-29-24(28)23-21(18-11-7-8-12-19(18)25)22-20(14-13-16(2)26-22)27(23)15-17-9-5-4-6-10-17/h4-14H,3,15H2,1-2H3. The summed E-state index contributed by atoms with van der Waals surface area (Å²) in [5, 5.41) is 0. The Bertz CT molecular complexity index is 1180. The van der Waals surface area contributed by atoms with Crippen LogP contribution in [0.25, 0.3) is 22.2 Å². The minimum Gasteiger partial charge on any atom is -0.461 e. The molecule has 2 aromatic carbocycles. The molecule has 29 heavy (non-hydrogen) atoms. The number of carbonyl (C=O) groups is 1. The van der Waals surface area contributed by atoms with Gasteiger partial charge < -0.3 is 9.30 Å². The Morgan fingerprint density at radius 3 is 2.48 bits per heavy atom. The van der Waals surface area contributed by atoms with Gasteiger partial charge in [-0.15, -0.1) is 0 Å². The molecule has 0 aliphatic carbocycles. The van der Waals surface area contributed by atoms with Crippen molar-refractivity contribution in [2.75, 3.05) is 6.61 Å². The van der Waals surface area contributed by atoms with Crippen molar-refractivity contribution in [1.82, 2.24) is 9.55 Å². The number of halogens is 1. The number of rotatable bonds is 5. The molecule has 0 saturated heterocycles. The van der Waals surface area contributed by atoms with Crippen molar-refractivity contribution in [3.8, 4) is 11.1 Å². The van der Waals surface area contributed by atoms with Gasteiger partial charge in [0.1, 0.15) is 11.5 Å². The number of carbonyl (C=O) groups excluding carboxylic acids is 1. The Labute approximate surface area is 168 Å². The van der Waals surface area contributed by atoms with Crippen LogP contribution in [-0.4, -0.2) is 22.1 Å². The number of aromatic nitrogens is 2. The third-order valence-corrected chi connectivity index (χ3v) is 4.84. The van der Waals surface area contributed by atoms with Gasteiger partial charge in [0.05, 0.1) is 17.6 Å². The fourth-order valence-corrected chi connectivity index (χ4v) is 3.58. The molecule has 0 fully saturated rings. The summed E-state index contributed by atoms with van der Waals surface area (Å²) in [7, 11) is 0. The predicted octanol–water partition coefficient (Wildman–Crippen LogP) is 5.38. The van der Waals surface area contributed by atoms with E-state index in [4.69, 9.17) is 4.74 Å². The van der Waals surface area contributed by atoms with Crippen molar-refractivity contribution in [2.45, 2.75) is 20.4 Å². The topological polar surface area (TPSA) is 44.1 Å². The smallest absolute Gasteiger partial charge is 0.355 e. The van der Waals surface area contributed by atoms with Crippen molar-refractivity contribution in [1.29, 1.82) is 0 Å². The summed E-state index contributed by atoms with van der Waals surface area (Å²) >= 11 is 0. The maximum atomic E-state index is 14.8. The summed E-state index contributed by atoms with van der Waals surface area (Å²) in [6, 6.07) is 20.1. The van der Waals surface area contributed by atoms with Crippen molar-refractivity contribution in [3.63, 3.8) is 0 Å². The van der Waals surface area contributed by atoms with Gasteiger partial charge in [-0.3, -0.25) is 4.98 Å². The molecule has 0 saturated carbocycles. The molecule has 4 rings (SSSR count). The fourth-order valence-electron chi connectivity index (χ4n) is 3.58. The minimum atomic E-state index is -0.489. The SMILES string of the molecule is CCOC(=O)c1c(-c2ccccc2F)c2nc(C)ccc2n1Cc1ccccc1. The third kappa shape index (κ3) is 3.51. The maximum absolute atomic E-state index is 14.8. The molecular weight excluding hydrogens is 367 g/mol. The number of nitrogens with zero attached hydrogens (tertiary/aromatic N) is 2. The summed E-state index contributed by atoms with van der Waals surface area (Å²) in [4.78, 5) is 17.7. The predicted molar refractivity (Wildman–Crippen MR) is 111 cm³/mol. The number of pyridine rings is 1. The molecule has 0 atom stereocenters. The lowest BCUT2D eigenvalue weighted by Gasteiger charge is -2.12. The van der Waals surface area contributed by atoms with Crippen LogP contribution in [0.15, 0.2) is 66.7 Å². The summed E-state index contributed by atoms with van der Waals surface area (Å²) in [5.41, 5.74) is 4.29. The Kier molecular flexibility index (Phi) is 5.12. The van der Waals surface area contributed by atoms with Gasteiger partial charge in [-0.1, -0.05) is 48.5 Å². The van der Waals surface area contributed by atoms with Gasteiger partial charge in [0.15, 0.2) is 0 Å². The number of aryl methyl sites for hydroxylation is 1. The highest BCUT2D eigenvalue weighted by atomic mass is 19.1. The number of benzene rings is 2. The van der Waals surface area contributed by atoms with E-state index in [1.807, 2.05) is 54.0 Å². The van der Waals surface area contributed by atoms with Gasteiger partial charge in [-0.25, -0.2) is 9.18 Å². The van der Waals surface area contributed by atoms with Gasteiger partial charge in [0.25, 0.3) is 0 Å². The quantitative estimate of drug-likeness (QED) is 0.431. The van der Waals surface area contributed by atoms with Crippen LogP contribution in [-0.2, 0) is 11.3 Å². The van der Waals surface area contributed by atoms with Crippen molar-refractivity contribution < 1.29 is 13.9 Å². The highest BCUT2D eigenvalue weighted by Gasteiger charge is 2.27. The zero-order chi connectivity index (χ0) is 20.4. The molecular formula is C24H21FN2O2. The first-order valence-electron chi connectivity index (χ1n) is 9.56. The summed E-state index contributed by atoms with van der Waals surface area (Å²) in [5.74, 6) is -0.891. The molecule has 4 aromatic rings. The van der Waals surface area contributed by atoms with E-state index in [9.17, 15) is 9.18 Å². The second-order valence-electron chi connectivity index (χ2n) is 6.82. The molecule has 0 aliphatic heterocycles. The zero-order valence-electron chi connectivity index (χ0n) is 16.4. The Morgan fingerprint density at radius 1 is 1.03 bits per heavy atom.